The van der Waals surface area contributed by atoms with Crippen molar-refractivity contribution < 1.29 is 9.84 Å². The Morgan fingerprint density at radius 3 is 2.71 bits per heavy atom. The van der Waals surface area contributed by atoms with Crippen LogP contribution in [0.3, 0.4) is 0 Å². The first kappa shape index (κ1) is 13.4. The van der Waals surface area contributed by atoms with Gasteiger partial charge in [0.05, 0.1) is 17.7 Å². The van der Waals surface area contributed by atoms with Crippen molar-refractivity contribution in [2.75, 3.05) is 6.54 Å². The molecule has 0 bridgehead atoms. The van der Waals surface area contributed by atoms with Crippen LogP contribution in [0.15, 0.2) is 48.5 Å². The highest BCUT2D eigenvalue weighted by Crippen LogP contribution is 2.26. The molecule has 3 N–H and O–H groups in total. The predicted molar refractivity (Wildman–Crippen MR) is 77.6 cm³/mol. The molecule has 0 aromatic heterocycles. The standard InChI is InChI=1S/C16H15N3O2/c17-9-11-4-6-14(7-5-11)21-15-10-18-19-16(15)12-2-1-3-13(20)8-12/h1-8,15-16,18-20H,10H2. The minimum absolute atomic E-state index is 0.0484. The predicted octanol–water partition coefficient (Wildman–Crippen LogP) is 1.86. The maximum absolute atomic E-state index is 9.59. The van der Waals surface area contributed by atoms with Gasteiger partial charge in [0.15, 0.2) is 0 Å². The normalized spacial score (nSPS) is 20.9. The Kier molecular flexibility index (Phi) is 3.73. The fourth-order valence-corrected chi connectivity index (χ4v) is 2.39. The molecule has 0 saturated carbocycles. The van der Waals surface area contributed by atoms with E-state index in [0.29, 0.717) is 12.1 Å². The molecule has 2 aromatic rings. The van der Waals surface area contributed by atoms with Crippen molar-refractivity contribution in [2.24, 2.45) is 0 Å². The van der Waals surface area contributed by atoms with Gasteiger partial charge < -0.3 is 9.84 Å². The molecule has 0 radical (unpaired) electrons. The maximum atomic E-state index is 9.59. The highest BCUT2D eigenvalue weighted by atomic mass is 16.5. The molecule has 1 heterocycles. The van der Waals surface area contributed by atoms with E-state index in [1.54, 1.807) is 36.4 Å². The summed E-state index contributed by atoms with van der Waals surface area (Å²) in [5.41, 5.74) is 7.79. The van der Waals surface area contributed by atoms with Gasteiger partial charge in [-0.2, -0.15) is 5.26 Å². The van der Waals surface area contributed by atoms with Crippen LogP contribution in [0.2, 0.25) is 0 Å². The highest BCUT2D eigenvalue weighted by molar-refractivity contribution is 5.35. The van der Waals surface area contributed by atoms with Crippen LogP contribution in [0.1, 0.15) is 17.2 Å². The zero-order chi connectivity index (χ0) is 14.7. The minimum Gasteiger partial charge on any atom is -0.508 e. The second kappa shape index (κ2) is 5.83. The summed E-state index contributed by atoms with van der Waals surface area (Å²) in [4.78, 5) is 0. The number of ether oxygens (including phenoxy) is 1. The minimum atomic E-state index is -0.0975. The number of phenolic OH excluding ortho intramolecular Hbond substituents is 1. The average molecular weight is 281 g/mol. The molecular weight excluding hydrogens is 266 g/mol. The summed E-state index contributed by atoms with van der Waals surface area (Å²) in [6.45, 7) is 0.653. The number of aromatic hydroxyl groups is 1. The molecule has 0 spiro atoms. The van der Waals surface area contributed by atoms with Crippen LogP contribution in [0.25, 0.3) is 0 Å². The van der Waals surface area contributed by atoms with Crippen molar-refractivity contribution in [3.63, 3.8) is 0 Å². The summed E-state index contributed by atoms with van der Waals surface area (Å²) in [5, 5.41) is 18.4. The van der Waals surface area contributed by atoms with Gasteiger partial charge in [0.1, 0.15) is 17.6 Å². The van der Waals surface area contributed by atoms with Crippen molar-refractivity contribution in [3.05, 3.63) is 59.7 Å². The molecule has 5 heteroatoms. The molecule has 0 aliphatic carbocycles. The third kappa shape index (κ3) is 2.97. The molecule has 1 fully saturated rings. The first-order chi connectivity index (χ1) is 10.3. The summed E-state index contributed by atoms with van der Waals surface area (Å²) in [5.74, 6) is 0.952. The number of phenols is 1. The summed E-state index contributed by atoms with van der Waals surface area (Å²) in [7, 11) is 0. The molecule has 2 aromatic carbocycles. The fraction of sp³-hybridized carbons (Fsp3) is 0.188. The fourth-order valence-electron chi connectivity index (χ4n) is 2.39. The quantitative estimate of drug-likeness (QED) is 0.800. The monoisotopic (exact) mass is 281 g/mol. The lowest BCUT2D eigenvalue weighted by atomic mass is 10.0. The lowest BCUT2D eigenvalue weighted by molar-refractivity contribution is 0.197. The summed E-state index contributed by atoms with van der Waals surface area (Å²) in [6, 6.07) is 16.2. The van der Waals surface area contributed by atoms with Crippen LogP contribution in [-0.2, 0) is 0 Å². The van der Waals surface area contributed by atoms with Gasteiger partial charge in [0, 0.05) is 6.54 Å². The SMILES string of the molecule is N#Cc1ccc(OC2CNNC2c2cccc(O)c2)cc1. The van der Waals surface area contributed by atoms with E-state index in [1.165, 1.54) is 0 Å². The van der Waals surface area contributed by atoms with Gasteiger partial charge in [-0.25, -0.2) is 5.43 Å². The van der Waals surface area contributed by atoms with Crippen LogP contribution in [0, 0.1) is 11.3 Å². The first-order valence-electron chi connectivity index (χ1n) is 6.70. The van der Waals surface area contributed by atoms with Crippen molar-refractivity contribution in [1.29, 1.82) is 5.26 Å². The number of hydrogen-bond donors (Lipinski definition) is 3. The Balaban J connectivity index is 1.76. The van der Waals surface area contributed by atoms with Gasteiger partial charge in [-0.05, 0) is 42.0 Å². The van der Waals surface area contributed by atoms with E-state index in [2.05, 4.69) is 16.9 Å². The third-order valence-corrected chi connectivity index (χ3v) is 3.43. The van der Waals surface area contributed by atoms with Crippen LogP contribution >= 0.6 is 0 Å². The van der Waals surface area contributed by atoms with E-state index in [9.17, 15) is 5.11 Å². The smallest absolute Gasteiger partial charge is 0.133 e. The molecule has 3 rings (SSSR count). The number of rotatable bonds is 3. The molecule has 2 unspecified atom stereocenters. The van der Waals surface area contributed by atoms with Crippen molar-refractivity contribution in [1.82, 2.24) is 10.9 Å². The molecule has 1 saturated heterocycles. The number of benzene rings is 2. The molecule has 106 valence electrons. The lowest BCUT2D eigenvalue weighted by Gasteiger charge is -2.20. The Hall–Kier alpha value is -2.55. The van der Waals surface area contributed by atoms with Crippen molar-refractivity contribution in [2.45, 2.75) is 12.1 Å². The first-order valence-corrected chi connectivity index (χ1v) is 6.70. The number of hydrogen-bond acceptors (Lipinski definition) is 5. The Labute approximate surface area is 122 Å². The summed E-state index contributed by atoms with van der Waals surface area (Å²) >= 11 is 0. The molecular formula is C16H15N3O2. The van der Waals surface area contributed by atoms with Crippen LogP contribution in [0.5, 0.6) is 11.5 Å². The Morgan fingerprint density at radius 2 is 2.00 bits per heavy atom. The van der Waals surface area contributed by atoms with E-state index >= 15 is 0 Å². The molecule has 21 heavy (non-hydrogen) atoms. The van der Waals surface area contributed by atoms with Gasteiger partial charge >= 0.3 is 0 Å². The number of nitriles is 1. The Bertz CT molecular complexity index is 664. The molecule has 1 aliphatic heterocycles. The molecule has 1 aliphatic rings. The van der Waals surface area contributed by atoms with Gasteiger partial charge in [-0.3, -0.25) is 5.43 Å². The van der Waals surface area contributed by atoms with E-state index in [1.807, 2.05) is 12.1 Å². The van der Waals surface area contributed by atoms with Crippen LogP contribution in [-0.4, -0.2) is 17.8 Å². The van der Waals surface area contributed by atoms with Gasteiger partial charge in [-0.1, -0.05) is 12.1 Å². The summed E-state index contributed by atoms with van der Waals surface area (Å²) < 4.78 is 5.97. The lowest BCUT2D eigenvalue weighted by Crippen LogP contribution is -2.27. The molecule has 2 atom stereocenters. The second-order valence-corrected chi connectivity index (χ2v) is 4.89. The van der Waals surface area contributed by atoms with Crippen molar-refractivity contribution >= 4 is 0 Å². The average Bonchev–Trinajstić information content (AvgIpc) is 2.96. The van der Waals surface area contributed by atoms with Crippen LogP contribution in [0.4, 0.5) is 0 Å². The van der Waals surface area contributed by atoms with E-state index in [-0.39, 0.29) is 17.9 Å². The Morgan fingerprint density at radius 1 is 1.19 bits per heavy atom. The largest absolute Gasteiger partial charge is 0.508 e. The van der Waals surface area contributed by atoms with E-state index in [0.717, 1.165) is 11.3 Å². The van der Waals surface area contributed by atoms with Crippen molar-refractivity contribution in [3.8, 4) is 17.6 Å². The van der Waals surface area contributed by atoms with E-state index in [4.69, 9.17) is 10.00 Å². The zero-order valence-electron chi connectivity index (χ0n) is 11.3. The topological polar surface area (TPSA) is 77.3 Å². The maximum Gasteiger partial charge on any atom is 0.133 e. The molecule has 5 nitrogen and oxygen atoms in total. The third-order valence-electron chi connectivity index (χ3n) is 3.43. The number of hydrazine groups is 1. The van der Waals surface area contributed by atoms with Gasteiger partial charge in [0.2, 0.25) is 0 Å². The second-order valence-electron chi connectivity index (χ2n) is 4.89. The van der Waals surface area contributed by atoms with Crippen LogP contribution < -0.4 is 15.6 Å². The number of nitrogens with zero attached hydrogens (tertiary/aromatic N) is 1. The van der Waals surface area contributed by atoms with E-state index < -0.39 is 0 Å². The van der Waals surface area contributed by atoms with Gasteiger partial charge in [0.25, 0.3) is 0 Å². The highest BCUT2D eigenvalue weighted by Gasteiger charge is 2.30. The van der Waals surface area contributed by atoms with Gasteiger partial charge in [-0.15, -0.1) is 0 Å². The summed E-state index contributed by atoms with van der Waals surface area (Å²) in [6.07, 6.45) is -0.0975. The molecule has 0 amide bonds. The number of nitrogens with one attached hydrogen (secondary N) is 2. The zero-order valence-corrected chi connectivity index (χ0v) is 11.3.